The van der Waals surface area contributed by atoms with E-state index in [1.807, 2.05) is 65.6 Å². The smallest absolute Gasteiger partial charge is 0.334 e. The predicted molar refractivity (Wildman–Crippen MR) is 136 cm³/mol. The van der Waals surface area contributed by atoms with Crippen molar-refractivity contribution in [2.75, 3.05) is 20.1 Å². The van der Waals surface area contributed by atoms with Crippen molar-refractivity contribution in [3.63, 3.8) is 0 Å². The van der Waals surface area contributed by atoms with Gasteiger partial charge in [-0.25, -0.2) is 14.8 Å². The number of nitrogens with one attached hydrogen (secondary N) is 1. The molecule has 8 heteroatoms. The van der Waals surface area contributed by atoms with Gasteiger partial charge in [0.1, 0.15) is 12.2 Å². The third-order valence-corrected chi connectivity index (χ3v) is 7.67. The molecule has 2 atom stereocenters. The fourth-order valence-electron chi connectivity index (χ4n) is 5.88. The lowest BCUT2D eigenvalue weighted by Gasteiger charge is -2.55. The van der Waals surface area contributed by atoms with Gasteiger partial charge in [-0.05, 0) is 24.0 Å². The second kappa shape index (κ2) is 10.7. The van der Waals surface area contributed by atoms with Crippen LogP contribution in [0.25, 0.3) is 0 Å². The number of rotatable bonds is 5. The number of urea groups is 1. The summed E-state index contributed by atoms with van der Waals surface area (Å²) in [6.45, 7) is 0.782. The molecule has 2 saturated heterocycles. The molecule has 1 N–H and O–H groups in total. The number of piperazine rings is 1. The molecule has 1 saturated carbocycles. The van der Waals surface area contributed by atoms with Crippen LogP contribution in [0.5, 0.6) is 0 Å². The van der Waals surface area contributed by atoms with Crippen LogP contribution >= 0.6 is 0 Å². The van der Waals surface area contributed by atoms with Gasteiger partial charge in [0.2, 0.25) is 11.8 Å². The largest absolute Gasteiger partial charge is 0.334 e. The van der Waals surface area contributed by atoms with E-state index in [0.29, 0.717) is 19.5 Å². The molecule has 0 radical (unpaired) electrons. The van der Waals surface area contributed by atoms with Crippen molar-refractivity contribution in [1.82, 2.24) is 25.1 Å². The summed E-state index contributed by atoms with van der Waals surface area (Å²) in [5, 5.41) is 6.36. The van der Waals surface area contributed by atoms with Gasteiger partial charge in [0.05, 0.1) is 13.1 Å². The molecule has 190 valence electrons. The zero-order valence-electron chi connectivity index (χ0n) is 20.9. The van der Waals surface area contributed by atoms with Gasteiger partial charge >= 0.3 is 6.03 Å². The van der Waals surface area contributed by atoms with E-state index in [1.54, 1.807) is 22.0 Å². The minimum absolute atomic E-state index is 0.00421. The standard InChI is InChI=1S/C28H35N5O3/c1-30-20-26(34)32-24(17-21-11-5-2-6-12-21)27(35)31(23-15-9-4-10-16-23)19-25(32)33(30)28(36)29-18-22-13-7-3-8-14-22/h2-3,5-8,11-14,23-25H,4,9-10,15-20H2,1H3,(H,29,36)/t24-,25-/m0/s1. The van der Waals surface area contributed by atoms with Crippen LogP contribution in [0.3, 0.4) is 0 Å². The van der Waals surface area contributed by atoms with Crippen LogP contribution in [0.4, 0.5) is 4.79 Å². The molecular formula is C28H35N5O3. The first-order valence-corrected chi connectivity index (χ1v) is 13.0. The molecule has 1 aliphatic carbocycles. The Hall–Kier alpha value is -3.39. The summed E-state index contributed by atoms with van der Waals surface area (Å²) in [7, 11) is 1.77. The number of hydrogen-bond acceptors (Lipinski definition) is 4. The maximum absolute atomic E-state index is 13.9. The van der Waals surface area contributed by atoms with E-state index in [2.05, 4.69) is 5.32 Å². The first-order chi connectivity index (χ1) is 17.5. The molecule has 3 aliphatic rings. The van der Waals surface area contributed by atoms with Crippen molar-refractivity contribution < 1.29 is 14.4 Å². The van der Waals surface area contributed by atoms with Gasteiger partial charge in [0, 0.05) is 26.1 Å². The lowest BCUT2D eigenvalue weighted by molar-refractivity contribution is -0.189. The zero-order valence-corrected chi connectivity index (χ0v) is 20.9. The second-order valence-corrected chi connectivity index (χ2v) is 10.1. The molecule has 2 heterocycles. The van der Waals surface area contributed by atoms with E-state index in [9.17, 15) is 14.4 Å². The zero-order chi connectivity index (χ0) is 25.1. The summed E-state index contributed by atoms with van der Waals surface area (Å²) in [5.41, 5.74) is 2.01. The number of nitrogens with zero attached hydrogens (tertiary/aromatic N) is 4. The summed E-state index contributed by atoms with van der Waals surface area (Å²) in [6, 6.07) is 18.9. The topological polar surface area (TPSA) is 76.2 Å². The highest BCUT2D eigenvalue weighted by molar-refractivity contribution is 5.91. The van der Waals surface area contributed by atoms with Gasteiger partial charge in [0.15, 0.2) is 0 Å². The fourth-order valence-corrected chi connectivity index (χ4v) is 5.88. The summed E-state index contributed by atoms with van der Waals surface area (Å²) >= 11 is 0. The first-order valence-electron chi connectivity index (χ1n) is 13.0. The molecule has 3 fully saturated rings. The molecule has 2 aliphatic heterocycles. The van der Waals surface area contributed by atoms with Crippen molar-refractivity contribution in [1.29, 1.82) is 0 Å². The average Bonchev–Trinajstić information content (AvgIpc) is 2.90. The van der Waals surface area contributed by atoms with E-state index >= 15 is 0 Å². The number of carbonyl (C=O) groups is 3. The lowest BCUT2D eigenvalue weighted by atomic mass is 9.91. The Bertz CT molecular complexity index is 1070. The van der Waals surface area contributed by atoms with Crippen LogP contribution in [0.1, 0.15) is 43.2 Å². The Morgan fingerprint density at radius 2 is 1.56 bits per heavy atom. The molecular weight excluding hydrogens is 454 g/mol. The number of fused-ring (bicyclic) bond motifs is 1. The fraction of sp³-hybridized carbons (Fsp3) is 0.464. The van der Waals surface area contributed by atoms with Gasteiger partial charge in [-0.2, -0.15) is 0 Å². The Labute approximate surface area is 212 Å². The quantitative estimate of drug-likeness (QED) is 0.701. The van der Waals surface area contributed by atoms with E-state index in [4.69, 9.17) is 0 Å². The molecule has 5 rings (SSSR count). The molecule has 36 heavy (non-hydrogen) atoms. The molecule has 2 aromatic rings. The third-order valence-electron chi connectivity index (χ3n) is 7.67. The molecule has 0 unspecified atom stereocenters. The number of hydrazine groups is 1. The van der Waals surface area contributed by atoms with E-state index in [-0.39, 0.29) is 30.4 Å². The molecule has 0 aromatic heterocycles. The SMILES string of the molecule is CN1CC(=O)N2[C@@H](Cc3ccccc3)C(=O)N(C3CCCCC3)C[C@@H]2N1C(=O)NCc1ccccc1. The van der Waals surface area contributed by atoms with Gasteiger partial charge in [-0.3, -0.25) is 9.59 Å². The highest BCUT2D eigenvalue weighted by Gasteiger charge is 2.51. The summed E-state index contributed by atoms with van der Waals surface area (Å²) in [5.74, 6) is -0.114. The van der Waals surface area contributed by atoms with Crippen LogP contribution in [-0.4, -0.2) is 76.0 Å². The second-order valence-electron chi connectivity index (χ2n) is 10.1. The van der Waals surface area contributed by atoms with E-state index in [1.165, 1.54) is 6.42 Å². The molecule has 2 aromatic carbocycles. The first kappa shape index (κ1) is 24.3. The van der Waals surface area contributed by atoms with Gasteiger partial charge in [0.25, 0.3) is 0 Å². The van der Waals surface area contributed by atoms with Gasteiger partial charge in [-0.15, -0.1) is 0 Å². The van der Waals surface area contributed by atoms with Crippen molar-refractivity contribution in [2.45, 2.75) is 63.3 Å². The van der Waals surface area contributed by atoms with Crippen LogP contribution in [0.15, 0.2) is 60.7 Å². The minimum atomic E-state index is -0.626. The van der Waals surface area contributed by atoms with Gasteiger partial charge < -0.3 is 15.1 Å². The number of amides is 4. The number of hydrogen-bond donors (Lipinski definition) is 1. The van der Waals surface area contributed by atoms with Crippen molar-refractivity contribution in [3.8, 4) is 0 Å². The highest BCUT2D eigenvalue weighted by Crippen LogP contribution is 2.32. The highest BCUT2D eigenvalue weighted by atomic mass is 16.2. The van der Waals surface area contributed by atoms with Crippen molar-refractivity contribution >= 4 is 17.8 Å². The monoisotopic (exact) mass is 489 g/mol. The average molecular weight is 490 g/mol. The Balaban J connectivity index is 1.44. The summed E-state index contributed by atoms with van der Waals surface area (Å²) in [6.07, 6.45) is 5.24. The number of benzene rings is 2. The molecule has 4 amide bonds. The van der Waals surface area contributed by atoms with Gasteiger partial charge in [-0.1, -0.05) is 79.9 Å². The predicted octanol–water partition coefficient (Wildman–Crippen LogP) is 3.00. The van der Waals surface area contributed by atoms with E-state index in [0.717, 1.165) is 36.8 Å². The van der Waals surface area contributed by atoms with Crippen LogP contribution in [0, 0.1) is 0 Å². The van der Waals surface area contributed by atoms with Crippen molar-refractivity contribution in [2.24, 2.45) is 0 Å². The van der Waals surface area contributed by atoms with Crippen LogP contribution in [0.2, 0.25) is 0 Å². The normalized spacial score (nSPS) is 23.5. The maximum Gasteiger partial charge on any atom is 0.334 e. The van der Waals surface area contributed by atoms with Crippen LogP contribution in [-0.2, 0) is 22.6 Å². The third kappa shape index (κ3) is 4.95. The van der Waals surface area contributed by atoms with Crippen LogP contribution < -0.4 is 5.32 Å². The number of likely N-dealkylation sites (N-methyl/N-ethyl adjacent to an activating group) is 1. The summed E-state index contributed by atoms with van der Waals surface area (Å²) in [4.78, 5) is 44.4. The lowest BCUT2D eigenvalue weighted by Crippen LogP contribution is -2.77. The van der Waals surface area contributed by atoms with Crippen molar-refractivity contribution in [3.05, 3.63) is 71.8 Å². The molecule has 8 nitrogen and oxygen atoms in total. The minimum Gasteiger partial charge on any atom is -0.334 e. The maximum atomic E-state index is 13.9. The Morgan fingerprint density at radius 1 is 0.917 bits per heavy atom. The number of carbonyl (C=O) groups excluding carboxylic acids is 3. The van der Waals surface area contributed by atoms with E-state index < -0.39 is 12.2 Å². The molecule has 0 spiro atoms. The Kier molecular flexibility index (Phi) is 7.23. The molecule has 0 bridgehead atoms. The Morgan fingerprint density at radius 3 is 2.22 bits per heavy atom. The summed E-state index contributed by atoms with van der Waals surface area (Å²) < 4.78 is 0.